The highest BCUT2D eigenvalue weighted by atomic mass is 35.5. The zero-order valence-corrected chi connectivity index (χ0v) is 15.5. The summed E-state index contributed by atoms with van der Waals surface area (Å²) in [4.78, 5) is 15.3. The van der Waals surface area contributed by atoms with Crippen LogP contribution in [-0.4, -0.2) is 28.5 Å². The van der Waals surface area contributed by atoms with Crippen molar-refractivity contribution in [3.05, 3.63) is 64.8 Å². The number of hydrogen-bond donors (Lipinski definition) is 1. The van der Waals surface area contributed by atoms with Gasteiger partial charge in [-0.2, -0.15) is 0 Å². The summed E-state index contributed by atoms with van der Waals surface area (Å²) in [6.45, 7) is 2.73. The van der Waals surface area contributed by atoms with E-state index in [0.29, 0.717) is 17.4 Å². The Morgan fingerprint density at radius 3 is 2.85 bits per heavy atom. The lowest BCUT2D eigenvalue weighted by Gasteiger charge is -2.08. The first-order chi connectivity index (χ1) is 13.1. The number of carboxylic acids is 1. The Bertz CT molecular complexity index is 981. The van der Waals surface area contributed by atoms with Crippen molar-refractivity contribution < 1.29 is 19.5 Å². The first kappa shape index (κ1) is 18.8. The van der Waals surface area contributed by atoms with Gasteiger partial charge in [-0.15, -0.1) is 0 Å². The van der Waals surface area contributed by atoms with Gasteiger partial charge in [0.1, 0.15) is 12.4 Å². The fourth-order valence-electron chi connectivity index (χ4n) is 2.72. The Morgan fingerprint density at radius 2 is 2.11 bits per heavy atom. The van der Waals surface area contributed by atoms with Gasteiger partial charge in [-0.1, -0.05) is 35.0 Å². The summed E-state index contributed by atoms with van der Waals surface area (Å²) >= 11 is 6.17. The maximum Gasteiger partial charge on any atom is 0.344 e. The number of nitrogens with zero attached hydrogens (tertiary/aromatic N) is 2. The maximum atomic E-state index is 10.5. The lowest BCUT2D eigenvalue weighted by atomic mass is 10.2. The van der Waals surface area contributed by atoms with Crippen molar-refractivity contribution in [2.45, 2.75) is 20.1 Å². The van der Waals surface area contributed by atoms with Crippen LogP contribution in [0.5, 0.6) is 5.75 Å². The van der Waals surface area contributed by atoms with Crippen LogP contribution in [0.15, 0.2) is 53.8 Å². The second-order valence-corrected chi connectivity index (χ2v) is 6.24. The molecular formula is C20H19ClN2O4. The summed E-state index contributed by atoms with van der Waals surface area (Å²) in [7, 11) is 0. The van der Waals surface area contributed by atoms with Crippen LogP contribution in [-0.2, 0) is 22.8 Å². The van der Waals surface area contributed by atoms with Crippen LogP contribution in [0.3, 0.4) is 0 Å². The molecule has 1 heterocycles. The van der Waals surface area contributed by atoms with Crippen LogP contribution in [0, 0.1) is 0 Å². The van der Waals surface area contributed by atoms with E-state index in [-0.39, 0.29) is 0 Å². The third-order valence-corrected chi connectivity index (χ3v) is 4.40. The minimum atomic E-state index is -1.07. The van der Waals surface area contributed by atoms with Gasteiger partial charge >= 0.3 is 5.97 Å². The summed E-state index contributed by atoms with van der Waals surface area (Å²) in [6, 6.07) is 13.4. The third-order valence-electron chi connectivity index (χ3n) is 4.03. The number of fused-ring (bicyclic) bond motifs is 1. The van der Waals surface area contributed by atoms with Gasteiger partial charge in [-0.05, 0) is 31.2 Å². The molecule has 3 aromatic rings. The molecule has 0 unspecified atom stereocenters. The number of aliphatic carboxylic acids is 1. The van der Waals surface area contributed by atoms with Crippen molar-refractivity contribution in [1.82, 2.24) is 4.57 Å². The number of aryl methyl sites for hydroxylation is 1. The largest absolute Gasteiger partial charge is 0.489 e. The summed E-state index contributed by atoms with van der Waals surface area (Å²) < 4.78 is 7.96. The van der Waals surface area contributed by atoms with E-state index < -0.39 is 12.6 Å². The molecular weight excluding hydrogens is 368 g/mol. The number of hydrogen-bond acceptors (Lipinski definition) is 4. The number of ether oxygens (including phenoxy) is 1. The van der Waals surface area contributed by atoms with E-state index in [0.717, 1.165) is 28.6 Å². The molecule has 27 heavy (non-hydrogen) atoms. The molecule has 0 atom stereocenters. The van der Waals surface area contributed by atoms with Crippen LogP contribution in [0.4, 0.5) is 0 Å². The molecule has 0 bridgehead atoms. The quantitative estimate of drug-likeness (QED) is 0.462. The zero-order chi connectivity index (χ0) is 19.2. The van der Waals surface area contributed by atoms with Gasteiger partial charge < -0.3 is 19.2 Å². The number of halogens is 1. The normalized spacial score (nSPS) is 11.2. The van der Waals surface area contributed by atoms with Crippen molar-refractivity contribution in [3.63, 3.8) is 0 Å². The van der Waals surface area contributed by atoms with Gasteiger partial charge in [0.2, 0.25) is 6.61 Å². The summed E-state index contributed by atoms with van der Waals surface area (Å²) in [6.07, 6.45) is 3.45. The van der Waals surface area contributed by atoms with Crippen LogP contribution in [0.2, 0.25) is 5.02 Å². The fourth-order valence-corrected chi connectivity index (χ4v) is 2.91. The molecule has 0 aliphatic heterocycles. The Kier molecular flexibility index (Phi) is 5.98. The van der Waals surface area contributed by atoms with Crippen molar-refractivity contribution in [3.8, 4) is 5.75 Å². The molecule has 0 aliphatic rings. The van der Waals surface area contributed by atoms with E-state index in [1.54, 1.807) is 0 Å². The molecule has 1 aromatic heterocycles. The van der Waals surface area contributed by atoms with Crippen LogP contribution < -0.4 is 4.74 Å². The molecule has 0 saturated heterocycles. The first-order valence-electron chi connectivity index (χ1n) is 8.44. The fraction of sp³-hybridized carbons (Fsp3) is 0.200. The molecule has 0 aliphatic carbocycles. The monoisotopic (exact) mass is 386 g/mol. The number of oxime groups is 1. The van der Waals surface area contributed by atoms with Crippen molar-refractivity contribution in [2.75, 3.05) is 6.61 Å². The highest BCUT2D eigenvalue weighted by Gasteiger charge is 2.09. The van der Waals surface area contributed by atoms with E-state index in [1.165, 1.54) is 6.21 Å². The lowest BCUT2D eigenvalue weighted by molar-refractivity contribution is -0.142. The third kappa shape index (κ3) is 4.60. The van der Waals surface area contributed by atoms with Crippen LogP contribution in [0.1, 0.15) is 18.1 Å². The Balaban J connectivity index is 1.83. The van der Waals surface area contributed by atoms with Crippen LogP contribution >= 0.6 is 11.6 Å². The standard InChI is InChI=1S/C20H19ClN2O4/c1-2-23-11-15(10-22-27-13-20(24)25)17-9-16(7-8-19(17)23)26-12-14-5-3-4-6-18(14)21/h3-11H,2,12-13H2,1H3,(H,24,25). The van der Waals surface area contributed by atoms with Crippen LogP contribution in [0.25, 0.3) is 10.9 Å². The van der Waals surface area contributed by atoms with E-state index in [9.17, 15) is 4.79 Å². The molecule has 2 aromatic carbocycles. The van der Waals surface area contributed by atoms with Gasteiger partial charge in [0.15, 0.2) is 0 Å². The molecule has 3 rings (SSSR count). The Labute approximate surface area is 161 Å². The van der Waals surface area contributed by atoms with Gasteiger partial charge in [0, 0.05) is 39.8 Å². The molecule has 0 saturated carbocycles. The number of carboxylic acid groups (broad SMARTS) is 1. The highest BCUT2D eigenvalue weighted by Crippen LogP contribution is 2.26. The van der Waals surface area contributed by atoms with Crippen molar-refractivity contribution in [1.29, 1.82) is 0 Å². The minimum absolute atomic E-state index is 0.366. The van der Waals surface area contributed by atoms with Gasteiger partial charge in [-0.25, -0.2) is 4.79 Å². The average molecular weight is 387 g/mol. The Hall–Kier alpha value is -2.99. The molecule has 6 nitrogen and oxygen atoms in total. The maximum absolute atomic E-state index is 10.5. The molecule has 0 amide bonds. The van der Waals surface area contributed by atoms with E-state index in [4.69, 9.17) is 26.3 Å². The topological polar surface area (TPSA) is 73.1 Å². The predicted molar refractivity (Wildman–Crippen MR) is 105 cm³/mol. The van der Waals surface area contributed by atoms with E-state index in [2.05, 4.69) is 9.72 Å². The first-order valence-corrected chi connectivity index (χ1v) is 8.82. The average Bonchev–Trinajstić information content (AvgIpc) is 3.01. The summed E-state index contributed by atoms with van der Waals surface area (Å²) in [5, 5.41) is 13.9. The number of carbonyl (C=O) groups is 1. The molecule has 0 spiro atoms. The summed E-state index contributed by atoms with van der Waals surface area (Å²) in [5.41, 5.74) is 2.76. The van der Waals surface area contributed by atoms with E-state index in [1.807, 2.05) is 55.6 Å². The number of benzene rings is 2. The predicted octanol–water partition coefficient (Wildman–Crippen LogP) is 4.33. The van der Waals surface area contributed by atoms with Crippen molar-refractivity contribution in [2.24, 2.45) is 5.16 Å². The molecule has 0 fully saturated rings. The number of rotatable bonds is 8. The van der Waals surface area contributed by atoms with Gasteiger partial charge in [-0.3, -0.25) is 0 Å². The highest BCUT2D eigenvalue weighted by molar-refractivity contribution is 6.31. The lowest BCUT2D eigenvalue weighted by Crippen LogP contribution is -2.03. The number of aromatic nitrogens is 1. The minimum Gasteiger partial charge on any atom is -0.489 e. The molecule has 1 N–H and O–H groups in total. The molecule has 0 radical (unpaired) electrons. The van der Waals surface area contributed by atoms with Gasteiger partial charge in [0.05, 0.1) is 6.21 Å². The smallest absolute Gasteiger partial charge is 0.344 e. The molecule has 140 valence electrons. The summed E-state index contributed by atoms with van der Waals surface area (Å²) in [5.74, 6) is -0.365. The van der Waals surface area contributed by atoms with E-state index >= 15 is 0 Å². The second-order valence-electron chi connectivity index (χ2n) is 5.83. The second kappa shape index (κ2) is 8.60. The molecule has 7 heteroatoms. The van der Waals surface area contributed by atoms with Gasteiger partial charge in [0.25, 0.3) is 0 Å². The van der Waals surface area contributed by atoms with Crippen molar-refractivity contribution >= 4 is 34.7 Å². The Morgan fingerprint density at radius 1 is 1.30 bits per heavy atom. The SMILES string of the molecule is CCn1cc(C=NOCC(=O)O)c2cc(OCc3ccccc3Cl)ccc21. The zero-order valence-electron chi connectivity index (χ0n) is 14.8.